The summed E-state index contributed by atoms with van der Waals surface area (Å²) in [5.41, 5.74) is 0.645. The van der Waals surface area contributed by atoms with Crippen molar-refractivity contribution in [2.24, 2.45) is 5.14 Å². The molecule has 0 fully saturated rings. The second-order valence-corrected chi connectivity index (χ2v) is 7.13. The van der Waals surface area contributed by atoms with Gasteiger partial charge in [-0.25, -0.2) is 13.6 Å². The number of hydrogen-bond acceptors (Lipinski definition) is 7. The quantitative estimate of drug-likeness (QED) is 0.597. The number of nitrogens with zero attached hydrogens (tertiary/aromatic N) is 4. The molecule has 12 heteroatoms. The van der Waals surface area contributed by atoms with E-state index in [1.165, 1.54) is 18.3 Å². The average molecular weight is 449 g/mol. The number of nitriles is 1. The van der Waals surface area contributed by atoms with Crippen LogP contribution in [0, 0.1) is 11.3 Å². The summed E-state index contributed by atoms with van der Waals surface area (Å²) >= 11 is 6.47. The number of halogens is 2. The maximum absolute atomic E-state index is 11.4. The molecule has 0 bridgehead atoms. The van der Waals surface area contributed by atoms with Crippen molar-refractivity contribution in [2.45, 2.75) is 4.90 Å². The number of hydrogen-bond donors (Lipinski definition) is 3. The minimum atomic E-state index is -3.82. The van der Waals surface area contributed by atoms with Crippen LogP contribution in [-0.4, -0.2) is 29.0 Å². The number of nitrogens with two attached hydrogens (primary N) is 1. The van der Waals surface area contributed by atoms with E-state index in [0.717, 1.165) is 0 Å². The summed E-state index contributed by atoms with van der Waals surface area (Å²) in [6.07, 6.45) is 1.37. The Morgan fingerprint density at radius 3 is 2.50 bits per heavy atom. The lowest BCUT2D eigenvalue weighted by molar-refractivity contribution is 0.597. The Morgan fingerprint density at radius 2 is 2.05 bits per heavy atom. The standard InChI is InChI=1S/C10H7Br2N7O2S/c11-7-1-6(22(14,20)21)2-8(12)9(7)15-4-5(3-13)10-16-18-19-17-10/h1-2,4,15H,(H2,14,20,21)(H,16,17,18,19). The summed E-state index contributed by atoms with van der Waals surface area (Å²) in [5.74, 6) is 0.128. The maximum atomic E-state index is 11.4. The lowest BCUT2D eigenvalue weighted by atomic mass is 10.3. The van der Waals surface area contributed by atoms with E-state index < -0.39 is 10.0 Å². The van der Waals surface area contributed by atoms with Crippen molar-refractivity contribution >= 4 is 53.1 Å². The van der Waals surface area contributed by atoms with Crippen molar-refractivity contribution in [1.82, 2.24) is 20.6 Å². The zero-order valence-corrected chi connectivity index (χ0v) is 14.6. The van der Waals surface area contributed by atoms with Gasteiger partial charge < -0.3 is 5.32 Å². The predicted octanol–water partition coefficient (Wildman–Crippen LogP) is 1.35. The molecule has 4 N–H and O–H groups in total. The van der Waals surface area contributed by atoms with Crippen LogP contribution in [0.15, 0.2) is 32.2 Å². The van der Waals surface area contributed by atoms with Crippen molar-refractivity contribution in [2.75, 3.05) is 5.32 Å². The van der Waals surface area contributed by atoms with Gasteiger partial charge in [-0.15, -0.1) is 10.2 Å². The number of sulfonamides is 1. The predicted molar refractivity (Wildman–Crippen MR) is 84.6 cm³/mol. The van der Waals surface area contributed by atoms with Crippen LogP contribution in [0.5, 0.6) is 0 Å². The topological polar surface area (TPSA) is 150 Å². The first-order chi connectivity index (χ1) is 10.3. The molecule has 2 aromatic rings. The van der Waals surface area contributed by atoms with E-state index in [4.69, 9.17) is 10.4 Å². The SMILES string of the molecule is N#CC(=CNc1c(Br)cc(S(N)(=O)=O)cc1Br)c1nn[nH]n1. The van der Waals surface area contributed by atoms with Gasteiger partial charge in [0.15, 0.2) is 0 Å². The number of benzene rings is 1. The number of primary sulfonamides is 1. The molecule has 9 nitrogen and oxygen atoms in total. The van der Waals surface area contributed by atoms with E-state index in [9.17, 15) is 8.42 Å². The Hall–Kier alpha value is -1.81. The van der Waals surface area contributed by atoms with Crippen molar-refractivity contribution in [3.8, 4) is 6.07 Å². The molecule has 22 heavy (non-hydrogen) atoms. The van der Waals surface area contributed by atoms with Crippen LogP contribution in [0.1, 0.15) is 5.82 Å². The van der Waals surface area contributed by atoms with E-state index >= 15 is 0 Å². The third-order valence-corrected chi connectivity index (χ3v) is 4.56. The highest BCUT2D eigenvalue weighted by Crippen LogP contribution is 2.34. The molecule has 1 heterocycles. The van der Waals surface area contributed by atoms with Gasteiger partial charge >= 0.3 is 0 Å². The normalized spacial score (nSPS) is 12.0. The summed E-state index contributed by atoms with van der Waals surface area (Å²) in [6.45, 7) is 0. The Morgan fingerprint density at radius 1 is 1.41 bits per heavy atom. The number of aromatic amines is 1. The van der Waals surface area contributed by atoms with Gasteiger partial charge in [0.25, 0.3) is 0 Å². The molecule has 0 saturated heterocycles. The van der Waals surface area contributed by atoms with Crippen LogP contribution >= 0.6 is 31.9 Å². The number of tetrazole rings is 1. The zero-order chi connectivity index (χ0) is 16.3. The summed E-state index contributed by atoms with van der Waals surface area (Å²) in [6, 6.07) is 4.60. The van der Waals surface area contributed by atoms with Crippen LogP contribution in [0.2, 0.25) is 0 Å². The minimum Gasteiger partial charge on any atom is -0.358 e. The lowest BCUT2D eigenvalue weighted by Crippen LogP contribution is -2.12. The van der Waals surface area contributed by atoms with Crippen molar-refractivity contribution in [3.63, 3.8) is 0 Å². The van der Waals surface area contributed by atoms with E-state index in [1.54, 1.807) is 0 Å². The number of aromatic nitrogens is 4. The van der Waals surface area contributed by atoms with Gasteiger partial charge in [0.1, 0.15) is 11.6 Å². The van der Waals surface area contributed by atoms with Crippen molar-refractivity contribution in [3.05, 3.63) is 33.1 Å². The highest BCUT2D eigenvalue weighted by molar-refractivity contribution is 9.11. The second kappa shape index (κ2) is 6.53. The fraction of sp³-hybridized carbons (Fsp3) is 0. The number of H-pyrrole nitrogens is 1. The molecule has 2 rings (SSSR count). The van der Waals surface area contributed by atoms with Gasteiger partial charge in [0, 0.05) is 15.1 Å². The summed E-state index contributed by atoms with van der Waals surface area (Å²) in [5, 5.41) is 30.0. The summed E-state index contributed by atoms with van der Waals surface area (Å²) in [4.78, 5) is -0.0561. The van der Waals surface area contributed by atoms with Gasteiger partial charge in [-0.2, -0.15) is 10.5 Å². The van der Waals surface area contributed by atoms with E-state index in [1.807, 2.05) is 6.07 Å². The largest absolute Gasteiger partial charge is 0.358 e. The van der Waals surface area contributed by atoms with Gasteiger partial charge in [-0.3, -0.25) is 0 Å². The molecule has 0 saturated carbocycles. The van der Waals surface area contributed by atoms with Gasteiger partial charge in [0.2, 0.25) is 15.8 Å². The molecule has 0 aliphatic carbocycles. The van der Waals surface area contributed by atoms with Crippen LogP contribution in [0.4, 0.5) is 5.69 Å². The Kier molecular flexibility index (Phi) is 4.91. The van der Waals surface area contributed by atoms with Crippen molar-refractivity contribution < 1.29 is 8.42 Å². The molecule has 0 atom stereocenters. The van der Waals surface area contributed by atoms with Crippen LogP contribution in [0.25, 0.3) is 5.57 Å². The molecule has 0 aliphatic heterocycles. The molecule has 0 amide bonds. The zero-order valence-electron chi connectivity index (χ0n) is 10.6. The Labute approximate surface area is 141 Å². The highest BCUT2D eigenvalue weighted by atomic mass is 79.9. The van der Waals surface area contributed by atoms with Crippen LogP contribution in [-0.2, 0) is 10.0 Å². The molecule has 1 aromatic heterocycles. The molecule has 0 spiro atoms. The molecular formula is C10H7Br2N7O2S. The monoisotopic (exact) mass is 447 g/mol. The van der Waals surface area contributed by atoms with Crippen LogP contribution < -0.4 is 10.5 Å². The second-order valence-electron chi connectivity index (χ2n) is 3.86. The van der Waals surface area contributed by atoms with Crippen LogP contribution in [0.3, 0.4) is 0 Å². The fourth-order valence-electron chi connectivity index (χ4n) is 1.42. The summed E-state index contributed by atoms with van der Waals surface area (Å²) in [7, 11) is -3.82. The maximum Gasteiger partial charge on any atom is 0.238 e. The highest BCUT2D eigenvalue weighted by Gasteiger charge is 2.14. The molecule has 0 radical (unpaired) electrons. The number of anilines is 1. The lowest BCUT2D eigenvalue weighted by Gasteiger charge is -2.09. The van der Waals surface area contributed by atoms with Gasteiger partial charge in [0.05, 0.1) is 10.6 Å². The third kappa shape index (κ3) is 3.69. The first-order valence-corrected chi connectivity index (χ1v) is 8.58. The fourth-order valence-corrected chi connectivity index (χ4v) is 3.70. The minimum absolute atomic E-state index is 0.0561. The average Bonchev–Trinajstić information content (AvgIpc) is 2.94. The Bertz CT molecular complexity index is 848. The van der Waals surface area contributed by atoms with Gasteiger partial charge in [-0.05, 0) is 49.2 Å². The molecule has 1 aromatic carbocycles. The molecule has 114 valence electrons. The first kappa shape index (κ1) is 16.6. The number of allylic oxidation sites excluding steroid dienone is 1. The molecule has 0 aliphatic rings. The smallest absolute Gasteiger partial charge is 0.238 e. The number of nitrogens with one attached hydrogen (secondary N) is 2. The molecule has 0 unspecified atom stereocenters. The summed E-state index contributed by atoms with van der Waals surface area (Å²) < 4.78 is 23.6. The van der Waals surface area contributed by atoms with Crippen molar-refractivity contribution in [1.29, 1.82) is 5.26 Å². The van der Waals surface area contributed by atoms with Gasteiger partial charge in [-0.1, -0.05) is 0 Å². The van der Waals surface area contributed by atoms with E-state index in [-0.39, 0.29) is 16.3 Å². The Balaban J connectivity index is 2.37. The van der Waals surface area contributed by atoms with E-state index in [2.05, 4.69) is 57.8 Å². The number of rotatable bonds is 4. The third-order valence-electron chi connectivity index (χ3n) is 2.41. The van der Waals surface area contributed by atoms with E-state index in [0.29, 0.717) is 14.6 Å². The molecular weight excluding hydrogens is 442 g/mol. The first-order valence-electron chi connectivity index (χ1n) is 5.45.